The van der Waals surface area contributed by atoms with Gasteiger partial charge < -0.3 is 25.0 Å². The molecule has 1 fully saturated rings. The standard InChI is InChI=1S/C20H30N4O3/c1-24(2)19(25)14-22-20(21-13-15-7-5-6-11-26-15)23-17-10-12-27-18-9-4-3-8-16(17)18/h3-4,8-9,15,17H,5-7,10-14H2,1-2H3,(H2,21,22,23). The van der Waals surface area contributed by atoms with Crippen LogP contribution in [0, 0.1) is 0 Å². The Morgan fingerprint density at radius 2 is 2.07 bits per heavy atom. The summed E-state index contributed by atoms with van der Waals surface area (Å²) >= 11 is 0. The van der Waals surface area contributed by atoms with Gasteiger partial charge in [0.05, 0.1) is 18.8 Å². The van der Waals surface area contributed by atoms with Gasteiger partial charge in [0.25, 0.3) is 0 Å². The highest BCUT2D eigenvalue weighted by Crippen LogP contribution is 2.31. The molecule has 2 aliphatic rings. The van der Waals surface area contributed by atoms with Crippen molar-refractivity contribution in [2.24, 2.45) is 4.99 Å². The molecule has 0 radical (unpaired) electrons. The number of rotatable bonds is 5. The van der Waals surface area contributed by atoms with Crippen LogP contribution in [0.15, 0.2) is 29.3 Å². The minimum absolute atomic E-state index is 0.0302. The molecule has 0 saturated carbocycles. The second kappa shape index (κ2) is 9.60. The van der Waals surface area contributed by atoms with Gasteiger partial charge in [0.15, 0.2) is 5.96 Å². The molecule has 148 valence electrons. The third-order valence-electron chi connectivity index (χ3n) is 4.91. The van der Waals surface area contributed by atoms with Gasteiger partial charge in [-0.2, -0.15) is 0 Å². The van der Waals surface area contributed by atoms with Gasteiger partial charge in [0.2, 0.25) is 5.91 Å². The number of carbonyl (C=O) groups is 1. The maximum atomic E-state index is 12.0. The van der Waals surface area contributed by atoms with E-state index in [1.807, 2.05) is 18.2 Å². The topological polar surface area (TPSA) is 75.2 Å². The molecule has 2 atom stereocenters. The first-order valence-electron chi connectivity index (χ1n) is 9.72. The van der Waals surface area contributed by atoms with E-state index in [0.29, 0.717) is 19.1 Å². The van der Waals surface area contributed by atoms with Crippen LogP contribution in [0.1, 0.15) is 37.3 Å². The number of amides is 1. The molecule has 1 saturated heterocycles. The summed E-state index contributed by atoms with van der Waals surface area (Å²) in [7, 11) is 3.48. The van der Waals surface area contributed by atoms with E-state index in [2.05, 4.69) is 21.7 Å². The van der Waals surface area contributed by atoms with Crippen molar-refractivity contribution in [3.05, 3.63) is 29.8 Å². The molecule has 3 rings (SSSR count). The number of fused-ring (bicyclic) bond motifs is 1. The fraction of sp³-hybridized carbons (Fsp3) is 0.600. The van der Waals surface area contributed by atoms with Crippen LogP contribution in [0.3, 0.4) is 0 Å². The Morgan fingerprint density at radius 1 is 1.22 bits per heavy atom. The van der Waals surface area contributed by atoms with E-state index in [4.69, 9.17) is 9.47 Å². The second-order valence-electron chi connectivity index (χ2n) is 7.19. The lowest BCUT2D eigenvalue weighted by Gasteiger charge is -2.29. The number of nitrogens with one attached hydrogen (secondary N) is 2. The number of ether oxygens (including phenoxy) is 2. The fourth-order valence-corrected chi connectivity index (χ4v) is 3.28. The van der Waals surface area contributed by atoms with Gasteiger partial charge in [-0.3, -0.25) is 4.79 Å². The number of guanidine groups is 1. The van der Waals surface area contributed by atoms with Crippen LogP contribution in [0.25, 0.3) is 0 Å². The number of carbonyl (C=O) groups excluding carboxylic acids is 1. The largest absolute Gasteiger partial charge is 0.493 e. The van der Waals surface area contributed by atoms with Gasteiger partial charge in [-0.25, -0.2) is 4.99 Å². The predicted octanol–water partition coefficient (Wildman–Crippen LogP) is 1.70. The van der Waals surface area contributed by atoms with Gasteiger partial charge in [0.1, 0.15) is 12.3 Å². The first-order valence-corrected chi connectivity index (χ1v) is 9.72. The molecule has 2 N–H and O–H groups in total. The van der Waals surface area contributed by atoms with Gasteiger partial charge >= 0.3 is 0 Å². The van der Waals surface area contributed by atoms with Crippen molar-refractivity contribution in [2.75, 3.05) is 40.4 Å². The van der Waals surface area contributed by atoms with Crippen LogP contribution in [0.5, 0.6) is 5.75 Å². The average molecular weight is 374 g/mol. The molecule has 0 bridgehead atoms. The highest BCUT2D eigenvalue weighted by molar-refractivity contribution is 5.85. The van der Waals surface area contributed by atoms with Crippen molar-refractivity contribution in [3.8, 4) is 5.75 Å². The summed E-state index contributed by atoms with van der Waals surface area (Å²) in [6.45, 7) is 2.27. The van der Waals surface area contributed by atoms with Gasteiger partial charge in [-0.05, 0) is 25.3 Å². The molecule has 27 heavy (non-hydrogen) atoms. The maximum absolute atomic E-state index is 12.0. The molecular formula is C20H30N4O3. The zero-order chi connectivity index (χ0) is 19.1. The lowest BCUT2D eigenvalue weighted by atomic mass is 10.0. The van der Waals surface area contributed by atoms with Crippen LogP contribution in [0.2, 0.25) is 0 Å². The number of hydrogen-bond acceptors (Lipinski definition) is 4. The number of nitrogens with zero attached hydrogens (tertiary/aromatic N) is 2. The molecule has 2 aliphatic heterocycles. The average Bonchev–Trinajstić information content (AvgIpc) is 2.70. The predicted molar refractivity (Wildman–Crippen MR) is 105 cm³/mol. The summed E-state index contributed by atoms with van der Waals surface area (Å²) in [5, 5.41) is 6.84. The molecule has 0 aromatic heterocycles. The molecule has 0 spiro atoms. The third kappa shape index (κ3) is 5.60. The number of aliphatic imine (C=N–C) groups is 1. The Hall–Kier alpha value is -2.28. The number of para-hydroxylation sites is 1. The quantitative estimate of drug-likeness (QED) is 0.606. The lowest BCUT2D eigenvalue weighted by Crippen LogP contribution is -2.45. The number of hydrogen-bond donors (Lipinski definition) is 2. The van der Waals surface area contributed by atoms with Gasteiger partial charge in [-0.1, -0.05) is 18.2 Å². The van der Waals surface area contributed by atoms with E-state index < -0.39 is 0 Å². The van der Waals surface area contributed by atoms with Crippen LogP contribution >= 0.6 is 0 Å². The molecule has 7 heteroatoms. The van der Waals surface area contributed by atoms with Crippen molar-refractivity contribution in [2.45, 2.75) is 37.8 Å². The highest BCUT2D eigenvalue weighted by Gasteiger charge is 2.23. The Kier molecular flexibility index (Phi) is 6.92. The summed E-state index contributed by atoms with van der Waals surface area (Å²) < 4.78 is 11.5. The Labute approximate surface area is 161 Å². The summed E-state index contributed by atoms with van der Waals surface area (Å²) in [4.78, 5) is 18.0. The molecular weight excluding hydrogens is 344 g/mol. The SMILES string of the molecule is CN(C)C(=O)CN=C(NCC1CCCCO1)NC1CCOc2ccccc21. The summed E-state index contributed by atoms with van der Waals surface area (Å²) in [6.07, 6.45) is 4.42. The molecule has 1 amide bonds. The van der Waals surface area contributed by atoms with Crippen LogP contribution in [-0.2, 0) is 9.53 Å². The smallest absolute Gasteiger partial charge is 0.243 e. The molecule has 7 nitrogen and oxygen atoms in total. The minimum atomic E-state index is -0.0302. The molecule has 2 unspecified atom stereocenters. The normalized spacial score (nSPS) is 22.4. The summed E-state index contributed by atoms with van der Waals surface area (Å²) in [6, 6.07) is 8.14. The first kappa shape index (κ1) is 19.5. The Bertz CT molecular complexity index is 656. The van der Waals surface area contributed by atoms with Crippen molar-refractivity contribution in [1.82, 2.24) is 15.5 Å². The van der Waals surface area contributed by atoms with Crippen LogP contribution in [0.4, 0.5) is 0 Å². The Balaban J connectivity index is 1.67. The first-order chi connectivity index (χ1) is 13.1. The van der Waals surface area contributed by atoms with E-state index in [0.717, 1.165) is 37.2 Å². The van der Waals surface area contributed by atoms with E-state index in [9.17, 15) is 4.79 Å². The summed E-state index contributed by atoms with van der Waals surface area (Å²) in [5.74, 6) is 1.51. The van der Waals surface area contributed by atoms with E-state index in [1.165, 1.54) is 6.42 Å². The number of benzene rings is 1. The summed E-state index contributed by atoms with van der Waals surface area (Å²) in [5.41, 5.74) is 1.12. The van der Waals surface area contributed by atoms with Crippen LogP contribution in [-0.4, -0.2) is 63.3 Å². The zero-order valence-electron chi connectivity index (χ0n) is 16.2. The monoisotopic (exact) mass is 374 g/mol. The van der Waals surface area contributed by atoms with Crippen molar-refractivity contribution < 1.29 is 14.3 Å². The van der Waals surface area contributed by atoms with E-state index in [1.54, 1.807) is 19.0 Å². The Morgan fingerprint density at radius 3 is 2.85 bits per heavy atom. The molecule has 2 heterocycles. The van der Waals surface area contributed by atoms with Crippen molar-refractivity contribution >= 4 is 11.9 Å². The third-order valence-corrected chi connectivity index (χ3v) is 4.91. The molecule has 1 aromatic carbocycles. The fourth-order valence-electron chi connectivity index (χ4n) is 3.28. The second-order valence-corrected chi connectivity index (χ2v) is 7.19. The van der Waals surface area contributed by atoms with Gasteiger partial charge in [0, 0.05) is 39.2 Å². The van der Waals surface area contributed by atoms with E-state index >= 15 is 0 Å². The maximum Gasteiger partial charge on any atom is 0.243 e. The zero-order valence-corrected chi connectivity index (χ0v) is 16.2. The van der Waals surface area contributed by atoms with Crippen LogP contribution < -0.4 is 15.4 Å². The number of likely N-dealkylation sites (N-methyl/N-ethyl adjacent to an activating group) is 1. The minimum Gasteiger partial charge on any atom is -0.493 e. The van der Waals surface area contributed by atoms with Crippen molar-refractivity contribution in [1.29, 1.82) is 0 Å². The van der Waals surface area contributed by atoms with Crippen molar-refractivity contribution in [3.63, 3.8) is 0 Å². The lowest BCUT2D eigenvalue weighted by molar-refractivity contribution is -0.127. The van der Waals surface area contributed by atoms with E-state index in [-0.39, 0.29) is 24.6 Å². The molecule has 1 aromatic rings. The van der Waals surface area contributed by atoms with Gasteiger partial charge in [-0.15, -0.1) is 0 Å². The molecule has 0 aliphatic carbocycles. The highest BCUT2D eigenvalue weighted by atomic mass is 16.5.